The van der Waals surface area contributed by atoms with Gasteiger partial charge in [-0.2, -0.15) is 5.10 Å². The Labute approximate surface area is 267 Å². The van der Waals surface area contributed by atoms with Gasteiger partial charge in [0.05, 0.1) is 31.0 Å². The quantitative estimate of drug-likeness (QED) is 0.279. The molecule has 2 aliphatic rings. The molecule has 3 aromatic rings. The number of benzene rings is 2. The number of urea groups is 1. The number of carbonyl (C=O) groups is 1. The van der Waals surface area contributed by atoms with Crippen LogP contribution in [-0.4, -0.2) is 79.3 Å². The highest BCUT2D eigenvalue weighted by Crippen LogP contribution is 2.32. The zero-order chi connectivity index (χ0) is 28.8. The third kappa shape index (κ3) is 8.78. The van der Waals surface area contributed by atoms with Crippen molar-refractivity contribution in [1.82, 2.24) is 25.3 Å². The van der Waals surface area contributed by atoms with Crippen LogP contribution in [-0.2, 0) is 16.1 Å². The van der Waals surface area contributed by atoms with Crippen LogP contribution in [0.5, 0.6) is 0 Å². The van der Waals surface area contributed by atoms with Gasteiger partial charge in [-0.3, -0.25) is 10.2 Å². The van der Waals surface area contributed by atoms with Gasteiger partial charge in [-0.05, 0) is 55.8 Å². The molecule has 3 N–H and O–H groups in total. The van der Waals surface area contributed by atoms with Crippen LogP contribution in [0.2, 0.25) is 5.02 Å². The molecule has 2 amide bonds. The summed E-state index contributed by atoms with van der Waals surface area (Å²) >= 11 is 6.78. The second-order valence-corrected chi connectivity index (χ2v) is 10.7. The molecule has 43 heavy (non-hydrogen) atoms. The standard InChI is InChI=1S/C29H35ClF2N6O3.2ClH/c1-40-14-13-37-16-22(19-7-8-23(31)24(32)15-19)25(17-37)34-29(39)35-28-27(30)26(18-41-21-9-11-33-12-10-21)36-38(28)20-5-3-2-4-6-20;;/h2-8,15,21-22,25,33H,9-14,16-18H2,1H3,(H2,34,35,39);2*1H/t22-,25+;;/m0../s1. The Hall–Kier alpha value is -2.51. The lowest BCUT2D eigenvalue weighted by Crippen LogP contribution is -2.42. The summed E-state index contributed by atoms with van der Waals surface area (Å²) in [5.74, 6) is -1.76. The van der Waals surface area contributed by atoms with E-state index in [0.29, 0.717) is 48.3 Å². The molecule has 2 aromatic carbocycles. The third-order valence-corrected chi connectivity index (χ3v) is 7.96. The smallest absolute Gasteiger partial charge is 0.320 e. The number of anilines is 1. The lowest BCUT2D eigenvalue weighted by molar-refractivity contribution is 0.0195. The first-order chi connectivity index (χ1) is 19.9. The molecule has 2 aliphatic heterocycles. The minimum Gasteiger partial charge on any atom is -0.383 e. The second kappa shape index (κ2) is 16.5. The summed E-state index contributed by atoms with van der Waals surface area (Å²) in [5, 5.41) is 14.2. The van der Waals surface area contributed by atoms with E-state index in [9.17, 15) is 13.6 Å². The van der Waals surface area contributed by atoms with Gasteiger partial charge in [-0.25, -0.2) is 18.3 Å². The highest BCUT2D eigenvalue weighted by Gasteiger charge is 2.35. The van der Waals surface area contributed by atoms with E-state index in [0.717, 1.165) is 37.7 Å². The number of nitrogens with one attached hydrogen (secondary N) is 3. The number of halogens is 5. The molecule has 0 radical (unpaired) electrons. The molecule has 0 aliphatic carbocycles. The van der Waals surface area contributed by atoms with E-state index in [1.165, 1.54) is 6.07 Å². The highest BCUT2D eigenvalue weighted by molar-refractivity contribution is 6.34. The number of carbonyl (C=O) groups excluding carboxylic acids is 1. The molecule has 9 nitrogen and oxygen atoms in total. The van der Waals surface area contributed by atoms with Crippen LogP contribution >= 0.6 is 36.4 Å². The maximum absolute atomic E-state index is 14.1. The molecule has 2 fully saturated rings. The van der Waals surface area contributed by atoms with E-state index in [2.05, 4.69) is 25.9 Å². The predicted octanol–water partition coefficient (Wildman–Crippen LogP) is 5.15. The van der Waals surface area contributed by atoms with Gasteiger partial charge in [0.2, 0.25) is 0 Å². The number of hydrogen-bond donors (Lipinski definition) is 3. The number of likely N-dealkylation sites (tertiary alicyclic amines) is 1. The minimum atomic E-state index is -0.918. The van der Waals surface area contributed by atoms with Crippen LogP contribution < -0.4 is 16.0 Å². The summed E-state index contributed by atoms with van der Waals surface area (Å²) < 4.78 is 40.6. The third-order valence-electron chi connectivity index (χ3n) is 7.56. The molecule has 1 aromatic heterocycles. The van der Waals surface area contributed by atoms with Gasteiger partial charge >= 0.3 is 6.03 Å². The Morgan fingerprint density at radius 1 is 1.09 bits per heavy atom. The number of para-hydroxylation sites is 1. The first kappa shape index (κ1) is 35.0. The van der Waals surface area contributed by atoms with Crippen molar-refractivity contribution in [2.75, 3.05) is 51.8 Å². The molecular formula is C29H37Cl3F2N6O3. The van der Waals surface area contributed by atoms with Crippen molar-refractivity contribution in [2.24, 2.45) is 0 Å². The van der Waals surface area contributed by atoms with E-state index in [1.54, 1.807) is 17.9 Å². The van der Waals surface area contributed by atoms with Crippen molar-refractivity contribution in [2.45, 2.75) is 37.5 Å². The Morgan fingerprint density at radius 2 is 1.84 bits per heavy atom. The van der Waals surface area contributed by atoms with Crippen molar-refractivity contribution in [3.63, 3.8) is 0 Å². The largest absolute Gasteiger partial charge is 0.383 e. The van der Waals surface area contributed by atoms with Crippen LogP contribution in [0.4, 0.5) is 19.4 Å². The Bertz CT molecular complexity index is 1330. The topological polar surface area (TPSA) is 92.7 Å². The van der Waals surface area contributed by atoms with Crippen LogP contribution in [0.15, 0.2) is 48.5 Å². The normalized spacial score (nSPS) is 19.0. The first-order valence-corrected chi connectivity index (χ1v) is 14.2. The fourth-order valence-corrected chi connectivity index (χ4v) is 5.61. The summed E-state index contributed by atoms with van der Waals surface area (Å²) in [6, 6.07) is 12.4. The van der Waals surface area contributed by atoms with Gasteiger partial charge in [0.1, 0.15) is 10.7 Å². The first-order valence-electron chi connectivity index (χ1n) is 13.8. The van der Waals surface area contributed by atoms with E-state index in [4.69, 9.17) is 21.1 Å². The molecule has 0 saturated carbocycles. The van der Waals surface area contributed by atoms with E-state index >= 15 is 0 Å². The number of piperidine rings is 1. The molecule has 14 heteroatoms. The summed E-state index contributed by atoms with van der Waals surface area (Å²) in [4.78, 5) is 15.5. The Morgan fingerprint density at radius 3 is 2.53 bits per heavy atom. The summed E-state index contributed by atoms with van der Waals surface area (Å²) in [5.41, 5.74) is 1.86. The van der Waals surface area contributed by atoms with Gasteiger partial charge < -0.3 is 20.1 Å². The zero-order valence-electron chi connectivity index (χ0n) is 23.7. The number of ether oxygens (including phenoxy) is 2. The van der Waals surface area contributed by atoms with Crippen LogP contribution in [0.3, 0.4) is 0 Å². The Kier molecular flexibility index (Phi) is 13.4. The molecular weight excluding hydrogens is 625 g/mol. The molecule has 236 valence electrons. The molecule has 0 unspecified atom stereocenters. The summed E-state index contributed by atoms with van der Waals surface area (Å²) in [7, 11) is 1.62. The second-order valence-electron chi connectivity index (χ2n) is 10.4. The van der Waals surface area contributed by atoms with E-state index in [-0.39, 0.29) is 49.5 Å². The van der Waals surface area contributed by atoms with Crippen molar-refractivity contribution in [1.29, 1.82) is 0 Å². The van der Waals surface area contributed by atoms with Gasteiger partial charge in [0.25, 0.3) is 0 Å². The summed E-state index contributed by atoms with van der Waals surface area (Å²) in [6.45, 7) is 4.25. The number of hydrogen-bond acceptors (Lipinski definition) is 6. The van der Waals surface area contributed by atoms with Crippen LogP contribution in [0.25, 0.3) is 5.69 Å². The average Bonchev–Trinajstić information content (AvgIpc) is 3.53. The summed E-state index contributed by atoms with van der Waals surface area (Å²) in [6.07, 6.45) is 1.93. The molecule has 5 rings (SSSR count). The maximum Gasteiger partial charge on any atom is 0.320 e. The molecule has 3 heterocycles. The minimum absolute atomic E-state index is 0. The molecule has 2 atom stereocenters. The maximum atomic E-state index is 14.1. The van der Waals surface area contributed by atoms with E-state index < -0.39 is 17.7 Å². The lowest BCUT2D eigenvalue weighted by Gasteiger charge is -2.22. The van der Waals surface area contributed by atoms with Gasteiger partial charge in [-0.15, -0.1) is 24.8 Å². The van der Waals surface area contributed by atoms with Gasteiger partial charge in [0.15, 0.2) is 17.5 Å². The number of methoxy groups -OCH3 is 1. The highest BCUT2D eigenvalue weighted by atomic mass is 35.5. The SMILES string of the molecule is COCCN1C[C@@H](NC(=O)Nc2c(Cl)c(COC3CCNCC3)nn2-c2ccccc2)[C@H](c2ccc(F)c(F)c2)C1.Cl.Cl. The van der Waals surface area contributed by atoms with Crippen molar-refractivity contribution >= 4 is 48.3 Å². The number of nitrogens with zero attached hydrogens (tertiary/aromatic N) is 3. The number of amides is 2. The van der Waals surface area contributed by atoms with Crippen molar-refractivity contribution in [3.8, 4) is 5.69 Å². The van der Waals surface area contributed by atoms with Gasteiger partial charge in [0, 0.05) is 32.7 Å². The van der Waals surface area contributed by atoms with Crippen LogP contribution in [0, 0.1) is 11.6 Å². The fraction of sp³-hybridized carbons (Fsp3) is 0.448. The molecule has 0 bridgehead atoms. The molecule has 0 spiro atoms. The van der Waals surface area contributed by atoms with Gasteiger partial charge in [-0.1, -0.05) is 35.9 Å². The van der Waals surface area contributed by atoms with Crippen molar-refractivity contribution in [3.05, 3.63) is 76.4 Å². The predicted molar refractivity (Wildman–Crippen MR) is 167 cm³/mol. The average molecular weight is 662 g/mol. The lowest BCUT2D eigenvalue weighted by atomic mass is 9.94. The molecule has 2 saturated heterocycles. The van der Waals surface area contributed by atoms with Crippen molar-refractivity contribution < 1.29 is 23.0 Å². The Balaban J connectivity index is 0.00000253. The monoisotopic (exact) mass is 660 g/mol. The number of rotatable bonds is 10. The zero-order valence-corrected chi connectivity index (χ0v) is 26.1. The number of aromatic nitrogens is 2. The van der Waals surface area contributed by atoms with Crippen LogP contribution in [0.1, 0.15) is 30.0 Å². The fourth-order valence-electron chi connectivity index (χ4n) is 5.39. The van der Waals surface area contributed by atoms with E-state index in [1.807, 2.05) is 30.3 Å².